The maximum absolute atomic E-state index is 13.1. The van der Waals surface area contributed by atoms with Gasteiger partial charge in [0, 0.05) is 15.4 Å². The quantitative estimate of drug-likeness (QED) is 0.689. The second-order valence-electron chi connectivity index (χ2n) is 4.07. The molecule has 0 amide bonds. The summed E-state index contributed by atoms with van der Waals surface area (Å²) in [6.45, 7) is 2.26. The van der Waals surface area contributed by atoms with E-state index in [0.29, 0.717) is 0 Å². The zero-order valence-corrected chi connectivity index (χ0v) is 11.3. The minimum atomic E-state index is -0.572. The van der Waals surface area contributed by atoms with E-state index in [1.165, 1.54) is 10.9 Å². The SMILES string of the molecule is CCc1ccc(COC(=O)c2cc(N)cc(F)c2)s1. The number of nitrogens with two attached hydrogens (primary N) is 1. The van der Waals surface area contributed by atoms with Gasteiger partial charge in [0.25, 0.3) is 0 Å². The number of hydrogen-bond donors (Lipinski definition) is 1. The summed E-state index contributed by atoms with van der Waals surface area (Å²) >= 11 is 1.60. The van der Waals surface area contributed by atoms with Gasteiger partial charge in [-0.3, -0.25) is 0 Å². The van der Waals surface area contributed by atoms with Crippen molar-refractivity contribution < 1.29 is 13.9 Å². The zero-order chi connectivity index (χ0) is 13.8. The topological polar surface area (TPSA) is 52.3 Å². The Kier molecular flexibility index (Phi) is 4.16. The van der Waals surface area contributed by atoms with Crippen LogP contribution in [0.2, 0.25) is 0 Å². The van der Waals surface area contributed by atoms with Gasteiger partial charge in [-0.15, -0.1) is 11.3 Å². The number of halogens is 1. The fourth-order valence-corrected chi connectivity index (χ4v) is 2.51. The van der Waals surface area contributed by atoms with Crippen LogP contribution in [0.1, 0.15) is 27.0 Å². The Morgan fingerprint density at radius 2 is 2.05 bits per heavy atom. The lowest BCUT2D eigenvalue weighted by Gasteiger charge is -2.04. The molecule has 0 spiro atoms. The van der Waals surface area contributed by atoms with Gasteiger partial charge in [-0.05, 0) is 36.8 Å². The van der Waals surface area contributed by atoms with Crippen molar-refractivity contribution in [3.05, 3.63) is 51.5 Å². The molecule has 2 aromatic rings. The van der Waals surface area contributed by atoms with Crippen LogP contribution in [0, 0.1) is 5.82 Å². The number of anilines is 1. The summed E-state index contributed by atoms with van der Waals surface area (Å²) in [7, 11) is 0. The van der Waals surface area contributed by atoms with Gasteiger partial charge in [-0.1, -0.05) is 6.92 Å². The molecule has 0 bridgehead atoms. The summed E-state index contributed by atoms with van der Waals surface area (Å²) < 4.78 is 18.2. The minimum absolute atomic E-state index is 0.129. The van der Waals surface area contributed by atoms with E-state index in [-0.39, 0.29) is 17.9 Å². The van der Waals surface area contributed by atoms with Crippen molar-refractivity contribution in [2.75, 3.05) is 5.73 Å². The third-order valence-electron chi connectivity index (χ3n) is 2.57. The van der Waals surface area contributed by atoms with Gasteiger partial charge in [0.2, 0.25) is 0 Å². The highest BCUT2D eigenvalue weighted by molar-refractivity contribution is 7.11. The smallest absolute Gasteiger partial charge is 0.338 e. The first-order valence-corrected chi connectivity index (χ1v) is 6.71. The number of carbonyl (C=O) groups is 1. The van der Waals surface area contributed by atoms with Gasteiger partial charge < -0.3 is 10.5 Å². The maximum Gasteiger partial charge on any atom is 0.338 e. The van der Waals surface area contributed by atoms with E-state index in [4.69, 9.17) is 10.5 Å². The molecule has 0 fully saturated rings. The van der Waals surface area contributed by atoms with Crippen LogP contribution in [0.4, 0.5) is 10.1 Å². The monoisotopic (exact) mass is 279 g/mol. The van der Waals surface area contributed by atoms with E-state index >= 15 is 0 Å². The third kappa shape index (κ3) is 3.54. The molecule has 2 N–H and O–H groups in total. The summed E-state index contributed by atoms with van der Waals surface area (Å²) in [4.78, 5) is 14.0. The van der Waals surface area contributed by atoms with Crippen molar-refractivity contribution in [3.8, 4) is 0 Å². The number of carbonyl (C=O) groups excluding carboxylic acids is 1. The molecule has 2 rings (SSSR count). The first-order chi connectivity index (χ1) is 9.08. The molecule has 1 heterocycles. The average molecular weight is 279 g/mol. The zero-order valence-electron chi connectivity index (χ0n) is 10.5. The van der Waals surface area contributed by atoms with E-state index in [0.717, 1.165) is 23.4 Å². The highest BCUT2D eigenvalue weighted by Gasteiger charge is 2.10. The molecule has 0 radical (unpaired) electrons. The first-order valence-electron chi connectivity index (χ1n) is 5.89. The van der Waals surface area contributed by atoms with E-state index in [1.807, 2.05) is 12.1 Å². The van der Waals surface area contributed by atoms with Crippen LogP contribution in [0.25, 0.3) is 0 Å². The van der Waals surface area contributed by atoms with Crippen molar-refractivity contribution in [3.63, 3.8) is 0 Å². The van der Waals surface area contributed by atoms with E-state index in [1.54, 1.807) is 11.3 Å². The summed E-state index contributed by atoms with van der Waals surface area (Å²) in [6.07, 6.45) is 0.957. The third-order valence-corrected chi connectivity index (χ3v) is 3.77. The molecule has 19 heavy (non-hydrogen) atoms. The number of thiophene rings is 1. The number of aryl methyl sites for hydroxylation is 1. The van der Waals surface area contributed by atoms with Crippen LogP contribution in [0.3, 0.4) is 0 Å². The number of esters is 1. The van der Waals surface area contributed by atoms with Gasteiger partial charge in [-0.25, -0.2) is 9.18 Å². The van der Waals surface area contributed by atoms with Gasteiger partial charge in [0.15, 0.2) is 0 Å². The van der Waals surface area contributed by atoms with Crippen LogP contribution in [-0.4, -0.2) is 5.97 Å². The highest BCUT2D eigenvalue weighted by Crippen LogP contribution is 2.19. The van der Waals surface area contributed by atoms with E-state index < -0.39 is 11.8 Å². The largest absolute Gasteiger partial charge is 0.456 e. The molecular formula is C14H14FNO2S. The normalized spacial score (nSPS) is 10.4. The Bertz CT molecular complexity index is 575. The highest BCUT2D eigenvalue weighted by atomic mass is 32.1. The van der Waals surface area contributed by atoms with Gasteiger partial charge in [-0.2, -0.15) is 0 Å². The molecule has 5 heteroatoms. The molecule has 0 aliphatic rings. The number of ether oxygens (including phenoxy) is 1. The molecule has 0 aliphatic carbocycles. The molecule has 0 saturated carbocycles. The molecule has 0 unspecified atom stereocenters. The van der Waals surface area contributed by atoms with Crippen LogP contribution in [0.15, 0.2) is 30.3 Å². The lowest BCUT2D eigenvalue weighted by atomic mass is 10.2. The number of nitrogen functional groups attached to an aromatic ring is 1. The summed E-state index contributed by atoms with van der Waals surface area (Å²) in [6, 6.07) is 7.61. The van der Waals surface area contributed by atoms with Crippen LogP contribution in [0.5, 0.6) is 0 Å². The molecule has 1 aromatic carbocycles. The van der Waals surface area contributed by atoms with E-state index in [9.17, 15) is 9.18 Å². The first kappa shape index (κ1) is 13.5. The molecule has 1 aromatic heterocycles. The Balaban J connectivity index is 2.00. The van der Waals surface area contributed by atoms with Gasteiger partial charge in [0.1, 0.15) is 12.4 Å². The molecule has 3 nitrogen and oxygen atoms in total. The predicted octanol–water partition coefficient (Wildman–Crippen LogP) is 3.39. The second kappa shape index (κ2) is 5.84. The second-order valence-corrected chi connectivity index (χ2v) is 5.32. The number of rotatable bonds is 4. The summed E-state index contributed by atoms with van der Waals surface area (Å²) in [5, 5.41) is 0. The number of hydrogen-bond acceptors (Lipinski definition) is 4. The van der Waals surface area contributed by atoms with Crippen molar-refractivity contribution in [1.82, 2.24) is 0 Å². The summed E-state index contributed by atoms with van der Waals surface area (Å²) in [5.41, 5.74) is 5.81. The van der Waals surface area contributed by atoms with Gasteiger partial charge >= 0.3 is 5.97 Å². The molecule has 0 atom stereocenters. The van der Waals surface area contributed by atoms with Crippen LogP contribution >= 0.6 is 11.3 Å². The average Bonchev–Trinajstić information content (AvgIpc) is 2.82. The van der Waals surface area contributed by atoms with Crippen molar-refractivity contribution in [2.24, 2.45) is 0 Å². The van der Waals surface area contributed by atoms with Crippen LogP contribution < -0.4 is 5.73 Å². The van der Waals surface area contributed by atoms with Crippen molar-refractivity contribution in [1.29, 1.82) is 0 Å². The van der Waals surface area contributed by atoms with Crippen molar-refractivity contribution in [2.45, 2.75) is 20.0 Å². The Hall–Kier alpha value is -1.88. The Labute approximate surface area is 114 Å². The summed E-state index contributed by atoms with van der Waals surface area (Å²) in [5.74, 6) is -1.12. The predicted molar refractivity (Wildman–Crippen MR) is 73.6 cm³/mol. The van der Waals surface area contributed by atoms with E-state index in [2.05, 4.69) is 6.92 Å². The standard InChI is InChI=1S/C14H14FNO2S/c1-2-12-3-4-13(19-12)8-18-14(17)9-5-10(15)7-11(16)6-9/h3-7H,2,8,16H2,1H3. The molecule has 100 valence electrons. The minimum Gasteiger partial charge on any atom is -0.456 e. The van der Waals surface area contributed by atoms with Crippen LogP contribution in [-0.2, 0) is 17.8 Å². The van der Waals surface area contributed by atoms with Gasteiger partial charge in [0.05, 0.1) is 5.56 Å². The fourth-order valence-electron chi connectivity index (χ4n) is 1.64. The fraction of sp³-hybridized carbons (Fsp3) is 0.214. The Morgan fingerprint density at radius 1 is 1.32 bits per heavy atom. The number of benzene rings is 1. The lowest BCUT2D eigenvalue weighted by Crippen LogP contribution is -2.05. The van der Waals surface area contributed by atoms with Crippen molar-refractivity contribution >= 4 is 23.0 Å². The molecule has 0 aliphatic heterocycles. The molecule has 0 saturated heterocycles. The molecular weight excluding hydrogens is 265 g/mol. The Morgan fingerprint density at radius 3 is 2.68 bits per heavy atom. The maximum atomic E-state index is 13.1. The lowest BCUT2D eigenvalue weighted by molar-refractivity contribution is 0.0476.